The van der Waals surface area contributed by atoms with E-state index in [1.165, 1.54) is 0 Å². The number of piperazine rings is 1. The quantitative estimate of drug-likeness (QED) is 0.778. The van der Waals surface area contributed by atoms with Crippen LogP contribution in [-0.2, 0) is 4.79 Å². The molecule has 0 aromatic heterocycles. The third-order valence-corrected chi connectivity index (χ3v) is 4.41. The Morgan fingerprint density at radius 2 is 1.79 bits per heavy atom. The number of rotatable bonds is 1. The van der Waals surface area contributed by atoms with Crippen molar-refractivity contribution in [3.63, 3.8) is 0 Å². The fourth-order valence-electron chi connectivity index (χ4n) is 3.26. The molecule has 0 aromatic rings. The number of carbonyl (C=O) groups is 1. The van der Waals surface area contributed by atoms with Gasteiger partial charge in [0.15, 0.2) is 0 Å². The fourth-order valence-corrected chi connectivity index (χ4v) is 3.26. The Bertz CT molecular complexity index is 340. The predicted molar refractivity (Wildman–Crippen MR) is 78.1 cm³/mol. The van der Waals surface area contributed by atoms with Crippen molar-refractivity contribution in [2.45, 2.75) is 52.6 Å². The van der Waals surface area contributed by atoms with E-state index in [1.54, 1.807) is 0 Å². The molecule has 1 N–H and O–H groups in total. The van der Waals surface area contributed by atoms with Crippen LogP contribution in [0.25, 0.3) is 0 Å². The van der Waals surface area contributed by atoms with Crippen LogP contribution in [0.3, 0.4) is 0 Å². The van der Waals surface area contributed by atoms with Gasteiger partial charge in [0.05, 0.1) is 0 Å². The number of hydrogen-bond donors (Lipinski definition) is 1. The zero-order valence-electron chi connectivity index (χ0n) is 13.1. The lowest BCUT2D eigenvalue weighted by atomic mass is 9.92. The van der Waals surface area contributed by atoms with Gasteiger partial charge in [0.25, 0.3) is 0 Å². The molecule has 4 nitrogen and oxygen atoms in total. The lowest BCUT2D eigenvalue weighted by Gasteiger charge is -2.36. The third-order valence-electron chi connectivity index (χ3n) is 4.41. The second-order valence-electron chi connectivity index (χ2n) is 7.62. The molecular weight excluding hydrogens is 238 g/mol. The third kappa shape index (κ3) is 3.11. The Hall–Kier alpha value is -0.610. The van der Waals surface area contributed by atoms with Gasteiger partial charge in [-0.05, 0) is 20.3 Å². The molecule has 0 aromatic carbocycles. The zero-order valence-corrected chi connectivity index (χ0v) is 13.1. The molecule has 2 saturated heterocycles. The maximum atomic E-state index is 12.6. The Morgan fingerprint density at radius 1 is 1.21 bits per heavy atom. The number of hydrogen-bond acceptors (Lipinski definition) is 3. The van der Waals surface area contributed by atoms with E-state index in [0.29, 0.717) is 6.04 Å². The summed E-state index contributed by atoms with van der Waals surface area (Å²) in [5.74, 6) is 0.287. The monoisotopic (exact) mass is 267 g/mol. The largest absolute Gasteiger partial charge is 0.335 e. The van der Waals surface area contributed by atoms with Gasteiger partial charge < -0.3 is 10.2 Å². The van der Waals surface area contributed by atoms with E-state index < -0.39 is 0 Å². The molecule has 2 aliphatic heterocycles. The highest BCUT2D eigenvalue weighted by atomic mass is 16.2. The first-order valence-corrected chi connectivity index (χ1v) is 7.49. The minimum atomic E-state index is -0.282. The molecule has 0 radical (unpaired) electrons. The first-order valence-electron chi connectivity index (χ1n) is 7.49. The lowest BCUT2D eigenvalue weighted by molar-refractivity contribution is -0.142. The second kappa shape index (κ2) is 5.06. The van der Waals surface area contributed by atoms with Gasteiger partial charge in [0.1, 0.15) is 0 Å². The highest BCUT2D eigenvalue weighted by Crippen LogP contribution is 2.35. The molecule has 2 aliphatic rings. The minimum absolute atomic E-state index is 0.0140. The van der Waals surface area contributed by atoms with Crippen molar-refractivity contribution in [3.8, 4) is 0 Å². The SMILES string of the molecule is CC(C)(C)C(=O)N1CC(N2CCNCC2)CC1(C)C. The summed E-state index contributed by atoms with van der Waals surface area (Å²) in [7, 11) is 0. The van der Waals surface area contributed by atoms with Gasteiger partial charge in [-0.15, -0.1) is 0 Å². The molecule has 0 saturated carbocycles. The molecule has 2 heterocycles. The smallest absolute Gasteiger partial charge is 0.228 e. The van der Waals surface area contributed by atoms with E-state index in [9.17, 15) is 4.79 Å². The highest BCUT2D eigenvalue weighted by molar-refractivity contribution is 5.82. The summed E-state index contributed by atoms with van der Waals surface area (Å²) in [5.41, 5.74) is -0.296. The van der Waals surface area contributed by atoms with Crippen molar-refractivity contribution in [1.29, 1.82) is 0 Å². The van der Waals surface area contributed by atoms with Gasteiger partial charge in [0, 0.05) is 49.7 Å². The molecule has 0 spiro atoms. The number of nitrogens with zero attached hydrogens (tertiary/aromatic N) is 2. The molecule has 0 bridgehead atoms. The summed E-state index contributed by atoms with van der Waals surface area (Å²) in [6, 6.07) is 0.531. The summed E-state index contributed by atoms with van der Waals surface area (Å²) >= 11 is 0. The molecule has 1 amide bonds. The van der Waals surface area contributed by atoms with Gasteiger partial charge in [0.2, 0.25) is 5.91 Å². The summed E-state index contributed by atoms with van der Waals surface area (Å²) in [4.78, 5) is 17.3. The molecule has 110 valence electrons. The van der Waals surface area contributed by atoms with Gasteiger partial charge in [-0.2, -0.15) is 0 Å². The van der Waals surface area contributed by atoms with Crippen molar-refractivity contribution in [2.24, 2.45) is 5.41 Å². The zero-order chi connectivity index (χ0) is 14.3. The molecule has 2 fully saturated rings. The van der Waals surface area contributed by atoms with E-state index in [4.69, 9.17) is 0 Å². The van der Waals surface area contributed by atoms with Gasteiger partial charge >= 0.3 is 0 Å². The average molecular weight is 267 g/mol. The van der Waals surface area contributed by atoms with Crippen molar-refractivity contribution in [1.82, 2.24) is 15.1 Å². The highest BCUT2D eigenvalue weighted by Gasteiger charge is 2.45. The number of likely N-dealkylation sites (tertiary alicyclic amines) is 1. The second-order valence-corrected chi connectivity index (χ2v) is 7.62. The van der Waals surface area contributed by atoms with Gasteiger partial charge in [-0.25, -0.2) is 0 Å². The lowest BCUT2D eigenvalue weighted by Crippen LogP contribution is -2.50. The number of amides is 1. The van der Waals surface area contributed by atoms with Crippen molar-refractivity contribution in [2.75, 3.05) is 32.7 Å². The summed E-state index contributed by atoms with van der Waals surface area (Å²) in [5, 5.41) is 3.39. The van der Waals surface area contributed by atoms with Gasteiger partial charge in [-0.1, -0.05) is 20.8 Å². The minimum Gasteiger partial charge on any atom is -0.335 e. The van der Waals surface area contributed by atoms with E-state index >= 15 is 0 Å². The summed E-state index contributed by atoms with van der Waals surface area (Å²) in [6.45, 7) is 15.7. The Kier molecular flexibility index (Phi) is 3.94. The van der Waals surface area contributed by atoms with E-state index in [-0.39, 0.29) is 16.9 Å². The number of nitrogens with one attached hydrogen (secondary N) is 1. The van der Waals surface area contributed by atoms with Crippen molar-refractivity contribution >= 4 is 5.91 Å². The van der Waals surface area contributed by atoms with Crippen LogP contribution in [0.1, 0.15) is 41.0 Å². The van der Waals surface area contributed by atoms with E-state index in [1.807, 2.05) is 20.8 Å². The first-order chi connectivity index (χ1) is 8.72. The average Bonchev–Trinajstić information content (AvgIpc) is 2.64. The molecule has 4 heteroatoms. The summed E-state index contributed by atoms with van der Waals surface area (Å²) < 4.78 is 0. The Labute approximate surface area is 117 Å². The van der Waals surface area contributed by atoms with Crippen molar-refractivity contribution < 1.29 is 4.79 Å². The Morgan fingerprint density at radius 3 is 2.32 bits per heavy atom. The molecular formula is C15H29N3O. The van der Waals surface area contributed by atoms with Crippen LogP contribution in [0.15, 0.2) is 0 Å². The molecule has 1 unspecified atom stereocenters. The maximum absolute atomic E-state index is 12.6. The first kappa shape index (κ1) is 14.8. The van der Waals surface area contributed by atoms with Crippen LogP contribution in [0.2, 0.25) is 0 Å². The Balaban J connectivity index is 2.08. The van der Waals surface area contributed by atoms with Crippen LogP contribution < -0.4 is 5.32 Å². The van der Waals surface area contributed by atoms with Crippen LogP contribution in [0.5, 0.6) is 0 Å². The topological polar surface area (TPSA) is 35.6 Å². The van der Waals surface area contributed by atoms with Crippen LogP contribution in [0, 0.1) is 5.41 Å². The van der Waals surface area contributed by atoms with Crippen LogP contribution in [-0.4, -0.2) is 60.0 Å². The van der Waals surface area contributed by atoms with Crippen molar-refractivity contribution in [3.05, 3.63) is 0 Å². The normalized spacial score (nSPS) is 28.7. The predicted octanol–water partition coefficient (Wildman–Crippen LogP) is 1.32. The standard InChI is InChI=1S/C15H29N3O/c1-14(2,3)13(19)18-11-12(10-15(18,4)5)17-8-6-16-7-9-17/h12,16H,6-11H2,1-5H3. The molecule has 19 heavy (non-hydrogen) atoms. The maximum Gasteiger partial charge on any atom is 0.228 e. The van der Waals surface area contributed by atoms with Gasteiger partial charge in [-0.3, -0.25) is 9.69 Å². The van der Waals surface area contributed by atoms with Crippen LogP contribution >= 0.6 is 0 Å². The number of carbonyl (C=O) groups excluding carboxylic acids is 1. The van der Waals surface area contributed by atoms with E-state index in [2.05, 4.69) is 29.0 Å². The molecule has 0 aliphatic carbocycles. The van der Waals surface area contributed by atoms with E-state index in [0.717, 1.165) is 39.1 Å². The fraction of sp³-hybridized carbons (Fsp3) is 0.933. The van der Waals surface area contributed by atoms with Crippen LogP contribution in [0.4, 0.5) is 0 Å². The molecule has 1 atom stereocenters. The molecule has 2 rings (SSSR count). The summed E-state index contributed by atoms with van der Waals surface area (Å²) in [6.07, 6.45) is 1.09.